The summed E-state index contributed by atoms with van der Waals surface area (Å²) in [4.78, 5) is 25.5. The summed E-state index contributed by atoms with van der Waals surface area (Å²) in [7, 11) is 0. The molecule has 0 fully saturated rings. The van der Waals surface area contributed by atoms with Crippen LogP contribution in [-0.2, 0) is 15.0 Å². The van der Waals surface area contributed by atoms with E-state index in [-0.39, 0.29) is 22.6 Å². The number of halogens is 4. The van der Waals surface area contributed by atoms with E-state index in [2.05, 4.69) is 76.9 Å². The first-order valence-electron chi connectivity index (χ1n) is 15.5. The molecule has 0 atom stereocenters. The maximum Gasteiger partial charge on any atom is 0.338 e. The molecule has 2 rings (SSSR count). The molecule has 0 aliphatic carbocycles. The zero-order valence-electron chi connectivity index (χ0n) is 28.3. The zero-order chi connectivity index (χ0) is 35.6. The normalized spacial score (nSPS) is 11.1. The number of esters is 2. The van der Waals surface area contributed by atoms with E-state index >= 15 is 0 Å². The lowest BCUT2D eigenvalue weighted by molar-refractivity contribution is -0.131. The summed E-state index contributed by atoms with van der Waals surface area (Å²) in [6.07, 6.45) is 2.85. The molecule has 0 radical (unpaired) electrons. The van der Waals surface area contributed by atoms with Gasteiger partial charge < -0.3 is 28.4 Å². The van der Waals surface area contributed by atoms with Gasteiger partial charge in [-0.3, -0.25) is 0 Å². The van der Waals surface area contributed by atoms with E-state index in [1.807, 2.05) is 41.5 Å². The summed E-state index contributed by atoms with van der Waals surface area (Å²) in [5.41, 5.74) is 0.765. The fraction of sp³-hybridized carbons (Fsp3) is 0.486. The van der Waals surface area contributed by atoms with Crippen molar-refractivity contribution in [1.29, 1.82) is 0 Å². The predicted octanol–water partition coefficient (Wildman–Crippen LogP) is 11.2. The third-order valence-corrected chi connectivity index (χ3v) is 9.52. The van der Waals surface area contributed by atoms with Gasteiger partial charge in [-0.2, -0.15) is 0 Å². The number of carbonyl (C=O) groups is 2. The molecule has 0 N–H and O–H groups in total. The average molecular weight is 912 g/mol. The molecule has 0 amide bonds. The molecule has 12 heteroatoms. The van der Waals surface area contributed by atoms with Crippen LogP contribution in [0.1, 0.15) is 92.2 Å². The van der Waals surface area contributed by atoms with Crippen molar-refractivity contribution in [1.82, 2.24) is 0 Å². The largest absolute Gasteiger partial charge is 0.492 e. The number of hydrogen-bond acceptors (Lipinski definition) is 8. The number of benzene rings is 2. The molecule has 8 nitrogen and oxygen atoms in total. The number of ether oxygens (including phenoxy) is 6. The summed E-state index contributed by atoms with van der Waals surface area (Å²) in [5.74, 6) is 0.881. The van der Waals surface area contributed by atoms with Crippen LogP contribution in [0.2, 0.25) is 0 Å². The molecule has 2 aromatic carbocycles. The van der Waals surface area contributed by atoms with E-state index in [9.17, 15) is 9.59 Å². The number of hydrogen-bond donors (Lipinski definition) is 0. The predicted molar refractivity (Wildman–Crippen MR) is 200 cm³/mol. The quantitative estimate of drug-likeness (QED) is 0.0830. The van der Waals surface area contributed by atoms with Gasteiger partial charge in [-0.1, -0.05) is 54.7 Å². The van der Waals surface area contributed by atoms with Crippen molar-refractivity contribution >= 4 is 75.7 Å². The zero-order valence-corrected chi connectivity index (χ0v) is 34.7. The summed E-state index contributed by atoms with van der Waals surface area (Å²) >= 11 is 14.8. The van der Waals surface area contributed by atoms with Gasteiger partial charge in [0, 0.05) is 27.7 Å². The minimum atomic E-state index is -0.984. The molecular weight excluding hydrogens is 868 g/mol. The molecule has 0 aromatic heterocycles. The molecule has 0 aliphatic heterocycles. The molecule has 0 spiro atoms. The van der Waals surface area contributed by atoms with E-state index in [0.29, 0.717) is 104 Å². The summed E-state index contributed by atoms with van der Waals surface area (Å²) in [6.45, 7) is 24.1. The Balaban J connectivity index is 3.22. The summed E-state index contributed by atoms with van der Waals surface area (Å²) in [5, 5.41) is 0. The van der Waals surface area contributed by atoms with Gasteiger partial charge in [0.05, 0.1) is 26.4 Å². The highest BCUT2D eigenvalue weighted by molar-refractivity contribution is 9.11. The maximum atomic E-state index is 12.8. The minimum Gasteiger partial charge on any atom is -0.492 e. The second-order valence-corrected chi connectivity index (χ2v) is 14.5. The van der Waals surface area contributed by atoms with E-state index in [4.69, 9.17) is 28.4 Å². The molecule has 47 heavy (non-hydrogen) atoms. The van der Waals surface area contributed by atoms with Crippen molar-refractivity contribution in [2.75, 3.05) is 26.4 Å². The Morgan fingerprint density at radius 1 is 0.532 bits per heavy atom. The van der Waals surface area contributed by atoms with Gasteiger partial charge in [0.15, 0.2) is 11.5 Å². The number of carbonyl (C=O) groups excluding carboxylic acids is 2. The monoisotopic (exact) mass is 908 g/mol. The highest BCUT2D eigenvalue weighted by atomic mass is 79.9. The smallest absolute Gasteiger partial charge is 0.338 e. The van der Waals surface area contributed by atoms with Crippen molar-refractivity contribution in [2.24, 2.45) is 0 Å². The van der Waals surface area contributed by atoms with Crippen LogP contribution in [0.15, 0.2) is 42.2 Å². The molecule has 2 aromatic rings. The third-order valence-electron chi connectivity index (χ3n) is 6.64. The highest BCUT2D eigenvalue weighted by Crippen LogP contribution is 2.60. The Hall–Kier alpha value is -2.02. The van der Waals surface area contributed by atoms with Gasteiger partial charge in [-0.25, -0.2) is 9.59 Å². The third kappa shape index (κ3) is 9.57. The summed E-state index contributed by atoms with van der Waals surface area (Å²) in [6, 6.07) is 0. The molecule has 0 aliphatic rings. The lowest BCUT2D eigenvalue weighted by Gasteiger charge is -2.35. The Bertz CT molecular complexity index is 1320. The second kappa shape index (κ2) is 18.7. The molecule has 0 saturated carbocycles. The lowest BCUT2D eigenvalue weighted by atomic mass is 9.75. The van der Waals surface area contributed by atoms with Crippen LogP contribution in [0.4, 0.5) is 0 Å². The standard InChI is InChI=1S/C35H44Br4O8/c1-11-15-42-27-21(28(43-16-12-2)24(37)31(23(27)36)46-33(40)19(5)6)35(9,10)22-29(44-17-13-3)25(38)32(47-34(41)20(7)8)26(39)30(22)45-18-14-4/h5,7,11-18H2,1-4,6,8-10H3. The van der Waals surface area contributed by atoms with Gasteiger partial charge in [0.2, 0.25) is 0 Å². The average Bonchev–Trinajstić information content (AvgIpc) is 3.02. The SMILES string of the molecule is C=C(C)C(=O)Oc1c(Br)c(OCCC)c(C(C)(C)c2c(OCCC)c(Br)c(OC(=O)C(=C)C)c(Br)c2OCCC)c(OCCC)c1Br. The molecule has 260 valence electrons. The second-order valence-electron chi connectivity index (χ2n) is 11.3. The van der Waals surface area contributed by atoms with Gasteiger partial charge in [0.1, 0.15) is 40.9 Å². The summed E-state index contributed by atoms with van der Waals surface area (Å²) < 4.78 is 39.0. The fourth-order valence-corrected chi connectivity index (χ4v) is 7.31. The first-order chi connectivity index (χ1) is 22.1. The van der Waals surface area contributed by atoms with Crippen LogP contribution in [0.5, 0.6) is 34.5 Å². The van der Waals surface area contributed by atoms with Gasteiger partial charge in [-0.15, -0.1) is 0 Å². The Kier molecular flexibility index (Phi) is 16.3. The van der Waals surface area contributed by atoms with E-state index < -0.39 is 17.4 Å². The Morgan fingerprint density at radius 3 is 0.957 bits per heavy atom. The van der Waals surface area contributed by atoms with Crippen LogP contribution < -0.4 is 28.4 Å². The molecular formula is C35H44Br4O8. The van der Waals surface area contributed by atoms with E-state index in [1.165, 1.54) is 0 Å². The van der Waals surface area contributed by atoms with Crippen molar-refractivity contribution < 1.29 is 38.0 Å². The van der Waals surface area contributed by atoms with Crippen LogP contribution in [0.3, 0.4) is 0 Å². The van der Waals surface area contributed by atoms with Crippen LogP contribution in [-0.4, -0.2) is 38.4 Å². The Morgan fingerprint density at radius 2 is 0.766 bits per heavy atom. The lowest BCUT2D eigenvalue weighted by Crippen LogP contribution is -2.26. The van der Waals surface area contributed by atoms with E-state index in [1.54, 1.807) is 13.8 Å². The Labute approximate surface area is 312 Å². The highest BCUT2D eigenvalue weighted by Gasteiger charge is 2.43. The molecule has 0 saturated heterocycles. The number of rotatable bonds is 18. The molecule has 0 bridgehead atoms. The van der Waals surface area contributed by atoms with Crippen LogP contribution >= 0.6 is 63.7 Å². The first-order valence-corrected chi connectivity index (χ1v) is 18.7. The van der Waals surface area contributed by atoms with Crippen LogP contribution in [0, 0.1) is 0 Å². The van der Waals surface area contributed by atoms with E-state index in [0.717, 1.165) is 0 Å². The van der Waals surface area contributed by atoms with Crippen molar-refractivity contribution in [3.05, 3.63) is 53.3 Å². The van der Waals surface area contributed by atoms with Gasteiger partial charge in [0.25, 0.3) is 0 Å². The fourth-order valence-electron chi connectivity index (χ4n) is 4.41. The molecule has 0 unspecified atom stereocenters. The first kappa shape index (κ1) is 41.2. The molecule has 0 heterocycles. The van der Waals surface area contributed by atoms with Gasteiger partial charge >= 0.3 is 11.9 Å². The van der Waals surface area contributed by atoms with Crippen molar-refractivity contribution in [3.8, 4) is 34.5 Å². The minimum absolute atomic E-state index is 0.198. The van der Waals surface area contributed by atoms with Crippen LogP contribution in [0.25, 0.3) is 0 Å². The maximum absolute atomic E-state index is 12.8. The van der Waals surface area contributed by atoms with Crippen molar-refractivity contribution in [2.45, 2.75) is 86.5 Å². The topological polar surface area (TPSA) is 89.5 Å². The van der Waals surface area contributed by atoms with Crippen molar-refractivity contribution in [3.63, 3.8) is 0 Å². The van der Waals surface area contributed by atoms with Gasteiger partial charge in [-0.05, 0) is 103 Å².